The number of carbonyl (C=O) groups excluding carboxylic acids is 3. The maximum Gasteiger partial charge on any atom is 0.267 e. The highest BCUT2D eigenvalue weighted by atomic mass is 32.2. The van der Waals surface area contributed by atoms with Crippen molar-refractivity contribution >= 4 is 63.0 Å². The summed E-state index contributed by atoms with van der Waals surface area (Å²) in [6, 6.07) is 12.9. The van der Waals surface area contributed by atoms with Crippen LogP contribution in [-0.2, 0) is 14.4 Å². The number of aryl methyl sites for hydroxylation is 2. The Morgan fingerprint density at radius 3 is 2.50 bits per heavy atom. The molecule has 0 aliphatic carbocycles. The lowest BCUT2D eigenvalue weighted by Crippen LogP contribution is -2.35. The molecule has 1 saturated heterocycles. The quantitative estimate of drug-likeness (QED) is 0.528. The molecule has 8 heteroatoms. The zero-order valence-corrected chi connectivity index (χ0v) is 19.7. The Labute approximate surface area is 196 Å². The third kappa shape index (κ3) is 3.96. The van der Waals surface area contributed by atoms with Gasteiger partial charge in [-0.1, -0.05) is 55.2 Å². The molecule has 1 fully saturated rings. The van der Waals surface area contributed by atoms with E-state index in [4.69, 9.17) is 12.2 Å². The molecule has 2 heterocycles. The third-order valence-electron chi connectivity index (χ3n) is 5.54. The van der Waals surface area contributed by atoms with E-state index in [0.29, 0.717) is 38.3 Å². The van der Waals surface area contributed by atoms with Crippen molar-refractivity contribution in [1.29, 1.82) is 0 Å². The van der Waals surface area contributed by atoms with Crippen LogP contribution in [-0.4, -0.2) is 40.0 Å². The van der Waals surface area contributed by atoms with E-state index in [9.17, 15) is 14.4 Å². The zero-order chi connectivity index (χ0) is 23.0. The van der Waals surface area contributed by atoms with E-state index >= 15 is 0 Å². The molecule has 0 radical (unpaired) electrons. The van der Waals surface area contributed by atoms with Crippen LogP contribution in [0.4, 0.5) is 11.4 Å². The molecule has 2 aliphatic heterocycles. The number of para-hydroxylation sites is 1. The van der Waals surface area contributed by atoms with Crippen molar-refractivity contribution in [2.75, 3.05) is 23.3 Å². The fourth-order valence-electron chi connectivity index (χ4n) is 3.79. The van der Waals surface area contributed by atoms with Crippen molar-refractivity contribution in [3.63, 3.8) is 0 Å². The molecule has 2 aliphatic rings. The maximum atomic E-state index is 13.4. The number of thiocarbonyl (C=S) groups is 1. The highest BCUT2D eigenvalue weighted by molar-refractivity contribution is 8.26. The number of rotatable bonds is 5. The summed E-state index contributed by atoms with van der Waals surface area (Å²) in [5, 5.41) is 2.86. The highest BCUT2D eigenvalue weighted by Crippen LogP contribution is 2.44. The first kappa shape index (κ1) is 22.2. The number of thioether (sulfide) groups is 1. The first-order valence-corrected chi connectivity index (χ1v) is 11.6. The van der Waals surface area contributed by atoms with E-state index in [0.717, 1.165) is 29.3 Å². The summed E-state index contributed by atoms with van der Waals surface area (Å²) in [7, 11) is 0. The topological polar surface area (TPSA) is 69.7 Å². The van der Waals surface area contributed by atoms with Gasteiger partial charge < -0.3 is 5.32 Å². The number of benzene rings is 2. The van der Waals surface area contributed by atoms with Gasteiger partial charge in [0.2, 0.25) is 5.91 Å². The molecule has 164 valence electrons. The van der Waals surface area contributed by atoms with Crippen molar-refractivity contribution in [1.82, 2.24) is 4.90 Å². The van der Waals surface area contributed by atoms with Crippen LogP contribution in [0, 0.1) is 13.8 Å². The fraction of sp³-hybridized carbons (Fsp3) is 0.250. The smallest absolute Gasteiger partial charge is 0.267 e. The zero-order valence-electron chi connectivity index (χ0n) is 18.1. The van der Waals surface area contributed by atoms with Crippen molar-refractivity contribution in [2.45, 2.75) is 27.2 Å². The molecule has 32 heavy (non-hydrogen) atoms. The van der Waals surface area contributed by atoms with Gasteiger partial charge in [-0.15, -0.1) is 0 Å². The number of nitrogens with zero attached hydrogens (tertiary/aromatic N) is 2. The maximum absolute atomic E-state index is 13.4. The van der Waals surface area contributed by atoms with Crippen molar-refractivity contribution < 1.29 is 14.4 Å². The SMILES string of the molecule is CCCN1C(=O)/C(=C2/C(=O)N(CC(=O)Nc3ccc(C)c(C)c3)c3ccccc32)SC1=S. The number of fused-ring (bicyclic) bond motifs is 1. The number of carbonyl (C=O) groups is 3. The normalized spacial score (nSPS) is 17.9. The minimum atomic E-state index is -0.363. The number of hydrogen-bond donors (Lipinski definition) is 1. The molecule has 3 amide bonds. The van der Waals surface area contributed by atoms with Gasteiger partial charge in [0.15, 0.2) is 0 Å². The Balaban J connectivity index is 1.63. The van der Waals surface area contributed by atoms with E-state index in [-0.39, 0.29) is 24.3 Å². The molecule has 0 saturated carbocycles. The molecule has 2 aromatic rings. The van der Waals surface area contributed by atoms with Crippen molar-refractivity contribution in [3.05, 3.63) is 64.1 Å². The molecule has 0 bridgehead atoms. The minimum Gasteiger partial charge on any atom is -0.325 e. The molecule has 0 unspecified atom stereocenters. The lowest BCUT2D eigenvalue weighted by molar-refractivity contribution is -0.122. The summed E-state index contributed by atoms with van der Waals surface area (Å²) in [6.45, 7) is 6.32. The fourth-order valence-corrected chi connectivity index (χ4v) is 5.17. The van der Waals surface area contributed by atoms with Crippen LogP contribution in [0.2, 0.25) is 0 Å². The molecular weight excluding hydrogens is 442 g/mol. The van der Waals surface area contributed by atoms with Gasteiger partial charge in [-0.05, 0) is 49.6 Å². The minimum absolute atomic E-state index is 0.151. The first-order valence-electron chi connectivity index (χ1n) is 10.4. The molecule has 6 nitrogen and oxygen atoms in total. The van der Waals surface area contributed by atoms with Crippen LogP contribution in [0.5, 0.6) is 0 Å². The number of hydrogen-bond acceptors (Lipinski definition) is 5. The molecule has 0 atom stereocenters. The Hall–Kier alpha value is -2.97. The van der Waals surface area contributed by atoms with E-state index < -0.39 is 0 Å². The average Bonchev–Trinajstić information content (AvgIpc) is 3.19. The van der Waals surface area contributed by atoms with Gasteiger partial charge in [-0.3, -0.25) is 24.2 Å². The van der Waals surface area contributed by atoms with Gasteiger partial charge in [-0.2, -0.15) is 0 Å². The van der Waals surface area contributed by atoms with E-state index in [1.54, 1.807) is 12.1 Å². The summed E-state index contributed by atoms with van der Waals surface area (Å²) in [6.07, 6.45) is 0.768. The Morgan fingerprint density at radius 1 is 1.03 bits per heavy atom. The summed E-state index contributed by atoms with van der Waals surface area (Å²) in [5.41, 5.74) is 4.46. The molecule has 0 aromatic heterocycles. The van der Waals surface area contributed by atoms with E-state index in [1.165, 1.54) is 9.80 Å². The Bertz CT molecular complexity index is 1190. The number of amides is 3. The molecular formula is C24H23N3O3S2. The van der Waals surface area contributed by atoms with Crippen molar-refractivity contribution in [2.24, 2.45) is 0 Å². The lowest BCUT2D eigenvalue weighted by Gasteiger charge is -2.17. The summed E-state index contributed by atoms with van der Waals surface area (Å²) in [4.78, 5) is 42.5. The van der Waals surface area contributed by atoms with Crippen LogP contribution >= 0.6 is 24.0 Å². The van der Waals surface area contributed by atoms with Gasteiger partial charge in [0.05, 0.1) is 16.2 Å². The van der Waals surface area contributed by atoms with Crippen LogP contribution in [0.1, 0.15) is 30.0 Å². The van der Waals surface area contributed by atoms with E-state index in [2.05, 4.69) is 5.32 Å². The first-order chi connectivity index (χ1) is 15.3. The molecule has 4 rings (SSSR count). The standard InChI is InChI=1S/C24H23N3O3S2/c1-4-11-26-23(30)21(32-24(26)31)20-17-7-5-6-8-18(17)27(22(20)29)13-19(28)25-16-10-9-14(2)15(3)12-16/h5-10,12H,4,11,13H2,1-3H3,(H,25,28)/b21-20-. The van der Waals surface area contributed by atoms with Gasteiger partial charge >= 0.3 is 0 Å². The van der Waals surface area contributed by atoms with Gasteiger partial charge in [-0.25, -0.2) is 0 Å². The van der Waals surface area contributed by atoms with Crippen LogP contribution < -0.4 is 10.2 Å². The van der Waals surface area contributed by atoms with Gasteiger partial charge in [0.25, 0.3) is 11.8 Å². The van der Waals surface area contributed by atoms with Crippen LogP contribution in [0.15, 0.2) is 47.4 Å². The summed E-state index contributed by atoms with van der Waals surface area (Å²) >= 11 is 6.52. The molecule has 0 spiro atoms. The largest absolute Gasteiger partial charge is 0.325 e. The average molecular weight is 466 g/mol. The monoisotopic (exact) mass is 465 g/mol. The van der Waals surface area contributed by atoms with Crippen molar-refractivity contribution in [3.8, 4) is 0 Å². The second kappa shape index (κ2) is 8.88. The predicted molar refractivity (Wildman–Crippen MR) is 132 cm³/mol. The van der Waals surface area contributed by atoms with Gasteiger partial charge in [0, 0.05) is 17.8 Å². The van der Waals surface area contributed by atoms with Crippen LogP contribution in [0.3, 0.4) is 0 Å². The van der Waals surface area contributed by atoms with E-state index in [1.807, 2.05) is 51.1 Å². The second-order valence-corrected chi connectivity index (χ2v) is 9.43. The second-order valence-electron chi connectivity index (χ2n) is 7.78. The van der Waals surface area contributed by atoms with Crippen LogP contribution in [0.25, 0.3) is 5.57 Å². The molecule has 2 aromatic carbocycles. The molecule has 1 N–H and O–H groups in total. The summed E-state index contributed by atoms with van der Waals surface area (Å²) < 4.78 is 0.454. The summed E-state index contributed by atoms with van der Waals surface area (Å²) in [5.74, 6) is -0.920. The third-order valence-corrected chi connectivity index (χ3v) is 6.99. The highest BCUT2D eigenvalue weighted by Gasteiger charge is 2.42. The predicted octanol–water partition coefficient (Wildman–Crippen LogP) is 4.27. The number of nitrogens with one attached hydrogen (secondary N) is 1. The van der Waals surface area contributed by atoms with Gasteiger partial charge in [0.1, 0.15) is 10.9 Å². The number of anilines is 2. The Kier molecular flexibility index (Phi) is 6.17. The Morgan fingerprint density at radius 2 is 1.78 bits per heavy atom. The lowest BCUT2D eigenvalue weighted by atomic mass is 10.1.